The lowest BCUT2D eigenvalue weighted by Gasteiger charge is -2.20. The van der Waals surface area contributed by atoms with Crippen molar-refractivity contribution < 1.29 is 32.0 Å². The molecule has 0 unspecified atom stereocenters. The van der Waals surface area contributed by atoms with Crippen molar-refractivity contribution in [1.82, 2.24) is 0 Å². The number of carbonyl (C=O) groups excluding carboxylic acids is 1. The zero-order valence-corrected chi connectivity index (χ0v) is 21.2. The van der Waals surface area contributed by atoms with Crippen molar-refractivity contribution >= 4 is 21.6 Å². The zero-order chi connectivity index (χ0) is 26.7. The number of anilines is 1. The first-order valence-corrected chi connectivity index (χ1v) is 12.6. The van der Waals surface area contributed by atoms with E-state index in [1.165, 1.54) is 32.1 Å². The monoisotopic (exact) mass is 515 g/mol. The van der Waals surface area contributed by atoms with E-state index in [9.17, 15) is 27.3 Å². The number of carbonyl (C=O) groups is 1. The summed E-state index contributed by atoms with van der Waals surface area (Å²) in [6.45, 7) is 8.45. The minimum absolute atomic E-state index is 0.0303. The number of amides is 2. The predicted molar refractivity (Wildman–Crippen MR) is 131 cm³/mol. The maximum Gasteiger partial charge on any atom is 0.387 e. The Hall–Kier alpha value is -2.63. The van der Waals surface area contributed by atoms with E-state index < -0.39 is 38.9 Å². The van der Waals surface area contributed by atoms with E-state index in [2.05, 4.69) is 21.0 Å². The molecule has 0 saturated heterocycles. The van der Waals surface area contributed by atoms with E-state index in [4.69, 9.17) is 5.14 Å². The van der Waals surface area contributed by atoms with Gasteiger partial charge in [0, 0.05) is 5.69 Å². The Kier molecular flexibility index (Phi) is 8.96. The van der Waals surface area contributed by atoms with Crippen LogP contribution >= 0.6 is 0 Å². The summed E-state index contributed by atoms with van der Waals surface area (Å²) in [5.41, 5.74) is 0.241. The number of benzene rings is 1. The molecule has 7 nitrogen and oxygen atoms in total. The Morgan fingerprint density at radius 1 is 1.37 bits per heavy atom. The number of halogens is 3. The van der Waals surface area contributed by atoms with Crippen molar-refractivity contribution in [2.45, 2.75) is 71.5 Å². The van der Waals surface area contributed by atoms with E-state index in [0.29, 0.717) is 16.8 Å². The molecule has 1 atom stereocenters. The third-order valence-electron chi connectivity index (χ3n) is 5.41. The lowest BCUT2D eigenvalue weighted by Crippen LogP contribution is -2.22. The zero-order valence-electron chi connectivity index (χ0n) is 20.4. The van der Waals surface area contributed by atoms with Crippen LogP contribution in [0.2, 0.25) is 0 Å². The molecule has 2 amide bonds. The topological polar surface area (TPSA) is 114 Å². The largest absolute Gasteiger partial charge is 0.435 e. The van der Waals surface area contributed by atoms with Gasteiger partial charge in [0.1, 0.15) is 21.5 Å². The summed E-state index contributed by atoms with van der Waals surface area (Å²) in [5, 5.41) is 18.3. The molecule has 1 aromatic rings. The smallest absolute Gasteiger partial charge is 0.387 e. The Morgan fingerprint density at radius 2 is 1.97 bits per heavy atom. The van der Waals surface area contributed by atoms with Crippen LogP contribution in [0.4, 0.5) is 23.7 Å². The van der Waals surface area contributed by atoms with Crippen molar-refractivity contribution in [1.29, 1.82) is 0 Å². The maximum absolute atomic E-state index is 14.7. The van der Waals surface area contributed by atoms with Crippen LogP contribution in [-0.2, 0) is 9.92 Å². The molecule has 0 spiro atoms. The van der Waals surface area contributed by atoms with Gasteiger partial charge in [0.2, 0.25) is 0 Å². The average molecular weight is 516 g/mol. The Morgan fingerprint density at radius 3 is 2.43 bits per heavy atom. The normalized spacial score (nSPS) is 16.8. The Labute approximate surface area is 204 Å². The number of rotatable bonds is 9. The number of hydrogen-bond donors (Lipinski definition) is 3. The van der Waals surface area contributed by atoms with Gasteiger partial charge in [-0.25, -0.2) is 18.5 Å². The maximum atomic E-state index is 14.7. The number of alkyl halides is 2. The van der Waals surface area contributed by atoms with Crippen molar-refractivity contribution in [3.05, 3.63) is 58.3 Å². The number of aliphatic hydroxyl groups is 1. The molecule has 1 saturated carbocycles. The van der Waals surface area contributed by atoms with Crippen LogP contribution in [0.25, 0.3) is 0 Å². The molecule has 0 radical (unpaired) electrons. The highest BCUT2D eigenvalue weighted by Gasteiger charge is 2.30. The fraction of sp³-hybridized carbons (Fsp3) is 0.458. The molecule has 11 heteroatoms. The van der Waals surface area contributed by atoms with Crippen molar-refractivity contribution in [3.63, 3.8) is 0 Å². The third-order valence-corrected chi connectivity index (χ3v) is 6.74. The summed E-state index contributed by atoms with van der Waals surface area (Å²) in [5.74, 6) is -1.29. The van der Waals surface area contributed by atoms with E-state index in [1.54, 1.807) is 20.8 Å². The van der Waals surface area contributed by atoms with Crippen LogP contribution in [0, 0.1) is 0 Å². The average Bonchev–Trinajstić information content (AvgIpc) is 3.55. The standard InChI is InChI=1S/C24H32F3N3O4S/c1-7-16(24(5,6)32)10-20(25)14(4)35(28,33)30-23(31)29-21-18(13(2)3)11-17(34-22(26)27)12-19(21)15-8-9-15/h7,10-13,15,22,32H,4,8-9H2,1-3,5-6H3,(H3,28,29,30,31,33)/b16-7+,20-10+/t35-/m0/s1. The molecule has 2 rings (SSSR count). The number of urea groups is 1. The minimum atomic E-state index is -4.06. The Balaban J connectivity index is 2.42. The molecule has 1 aromatic carbocycles. The first-order valence-electron chi connectivity index (χ1n) is 11.0. The van der Waals surface area contributed by atoms with Crippen LogP contribution < -0.4 is 15.2 Å². The highest BCUT2D eigenvalue weighted by atomic mass is 32.2. The SMILES string of the molecule is C=C(/C(F)=C\C(=C/C)C(C)(C)O)[S@@](N)(=O)=NC(=O)Nc1c(C(C)C)cc(OC(F)F)cc1C1CC1. The number of nitrogens with one attached hydrogen (secondary N) is 1. The van der Waals surface area contributed by atoms with Crippen LogP contribution in [0.15, 0.2) is 51.5 Å². The van der Waals surface area contributed by atoms with Gasteiger partial charge in [0.25, 0.3) is 0 Å². The van der Waals surface area contributed by atoms with Crippen LogP contribution in [0.3, 0.4) is 0 Å². The van der Waals surface area contributed by atoms with Crippen molar-refractivity contribution in [2.24, 2.45) is 9.50 Å². The predicted octanol–water partition coefficient (Wildman–Crippen LogP) is 6.25. The second kappa shape index (κ2) is 11.0. The van der Waals surface area contributed by atoms with Crippen LogP contribution in [0.5, 0.6) is 5.75 Å². The first-order chi connectivity index (χ1) is 16.1. The first kappa shape index (κ1) is 28.6. The quantitative estimate of drug-likeness (QED) is 0.337. The molecule has 1 fully saturated rings. The summed E-state index contributed by atoms with van der Waals surface area (Å²) in [6.07, 6.45) is 3.98. The lowest BCUT2D eigenvalue weighted by atomic mass is 9.95. The number of nitrogens with zero attached hydrogens (tertiary/aromatic N) is 1. The second-order valence-electron chi connectivity index (χ2n) is 9.09. The lowest BCUT2D eigenvalue weighted by molar-refractivity contribution is -0.0499. The van der Waals surface area contributed by atoms with Crippen LogP contribution in [0.1, 0.15) is 70.4 Å². The molecular weight excluding hydrogens is 483 g/mol. The number of hydrogen-bond acceptors (Lipinski definition) is 4. The van der Waals surface area contributed by atoms with Crippen molar-refractivity contribution in [3.8, 4) is 5.75 Å². The van der Waals surface area contributed by atoms with E-state index >= 15 is 0 Å². The summed E-state index contributed by atoms with van der Waals surface area (Å²) < 4.78 is 61.2. The third kappa shape index (κ3) is 7.68. The highest BCUT2D eigenvalue weighted by molar-refractivity contribution is 7.95. The molecule has 194 valence electrons. The highest BCUT2D eigenvalue weighted by Crippen LogP contribution is 2.47. The van der Waals surface area contributed by atoms with E-state index in [0.717, 1.165) is 18.9 Å². The summed E-state index contributed by atoms with van der Waals surface area (Å²) >= 11 is 0. The molecule has 1 aliphatic rings. The van der Waals surface area contributed by atoms with E-state index in [-0.39, 0.29) is 23.2 Å². The van der Waals surface area contributed by atoms with Gasteiger partial charge in [-0.05, 0) is 80.4 Å². The number of allylic oxidation sites excluding steroid dienone is 2. The molecule has 0 bridgehead atoms. The minimum Gasteiger partial charge on any atom is -0.435 e. The fourth-order valence-corrected chi connectivity index (χ4v) is 4.16. The van der Waals surface area contributed by atoms with Gasteiger partial charge in [-0.2, -0.15) is 8.78 Å². The second-order valence-corrected chi connectivity index (χ2v) is 10.9. The van der Waals surface area contributed by atoms with Gasteiger partial charge in [-0.15, -0.1) is 4.36 Å². The van der Waals surface area contributed by atoms with Gasteiger partial charge in [-0.3, -0.25) is 0 Å². The summed E-state index contributed by atoms with van der Waals surface area (Å²) in [7, 11) is -4.06. The summed E-state index contributed by atoms with van der Waals surface area (Å²) in [6, 6.07) is 1.72. The molecule has 1 aliphatic carbocycles. The number of nitrogens with two attached hydrogens (primary N) is 1. The molecule has 35 heavy (non-hydrogen) atoms. The van der Waals surface area contributed by atoms with Gasteiger partial charge in [0.15, 0.2) is 0 Å². The van der Waals surface area contributed by atoms with Gasteiger partial charge < -0.3 is 15.2 Å². The number of ether oxygens (including phenoxy) is 1. The van der Waals surface area contributed by atoms with Gasteiger partial charge in [-0.1, -0.05) is 26.5 Å². The molecule has 0 aromatic heterocycles. The van der Waals surface area contributed by atoms with Gasteiger partial charge in [0.05, 0.1) is 10.5 Å². The van der Waals surface area contributed by atoms with E-state index in [1.807, 2.05) is 0 Å². The van der Waals surface area contributed by atoms with Crippen molar-refractivity contribution in [2.75, 3.05) is 5.32 Å². The Bertz CT molecular complexity index is 1150. The molecule has 0 heterocycles. The van der Waals surface area contributed by atoms with Crippen LogP contribution in [-0.4, -0.2) is 27.6 Å². The fourth-order valence-electron chi connectivity index (χ4n) is 3.42. The summed E-state index contributed by atoms with van der Waals surface area (Å²) in [4.78, 5) is 12.0. The van der Waals surface area contributed by atoms with Gasteiger partial charge >= 0.3 is 12.6 Å². The molecule has 4 N–H and O–H groups in total. The molecule has 0 aliphatic heterocycles. The molecular formula is C24H32F3N3O4S.